The third-order valence-electron chi connectivity index (χ3n) is 3.56. The van der Waals surface area contributed by atoms with E-state index in [0.29, 0.717) is 13.1 Å². The fourth-order valence-corrected chi connectivity index (χ4v) is 2.51. The zero-order valence-electron chi connectivity index (χ0n) is 9.06. The first kappa shape index (κ1) is 10.9. The molecule has 1 saturated carbocycles. The maximum absolute atomic E-state index is 12.0. The second kappa shape index (κ2) is 4.49. The highest BCUT2D eigenvalue weighted by Gasteiger charge is 2.36. The third kappa shape index (κ3) is 2.32. The number of hydrogen-bond acceptors (Lipinski definition) is 3. The average molecular weight is 212 g/mol. The van der Waals surface area contributed by atoms with Crippen molar-refractivity contribution < 1.29 is 9.90 Å². The van der Waals surface area contributed by atoms with Gasteiger partial charge in [0.15, 0.2) is 0 Å². The minimum absolute atomic E-state index is 0.000000000000000444. The molecule has 1 aliphatic carbocycles. The number of carbonyl (C=O) groups is 1. The molecule has 2 fully saturated rings. The van der Waals surface area contributed by atoms with E-state index in [9.17, 15) is 4.79 Å². The summed E-state index contributed by atoms with van der Waals surface area (Å²) in [6, 6.07) is 0.0257. The quantitative estimate of drug-likeness (QED) is 0.606. The van der Waals surface area contributed by atoms with E-state index in [-0.39, 0.29) is 24.0 Å². The minimum Gasteiger partial charge on any atom is -0.389 e. The number of β-amino-alcohol motifs (C(OH)–C–C–N with tert-alkyl or cyclic N) is 1. The highest BCUT2D eigenvalue weighted by molar-refractivity contribution is 5.80. The Morgan fingerprint density at radius 2 is 1.87 bits per heavy atom. The van der Waals surface area contributed by atoms with E-state index >= 15 is 0 Å². The molecule has 2 rings (SSSR count). The summed E-state index contributed by atoms with van der Waals surface area (Å²) in [5.74, 6) is 0.162. The zero-order valence-corrected chi connectivity index (χ0v) is 9.06. The van der Waals surface area contributed by atoms with Crippen molar-refractivity contribution in [3.8, 4) is 0 Å². The number of nitrogens with two attached hydrogens (primary N) is 1. The van der Waals surface area contributed by atoms with Crippen LogP contribution in [-0.4, -0.2) is 41.1 Å². The average Bonchev–Trinajstić information content (AvgIpc) is 2.37. The lowest BCUT2D eigenvalue weighted by Gasteiger charge is -2.39. The van der Waals surface area contributed by atoms with Gasteiger partial charge in [0.1, 0.15) is 0 Å². The molecule has 1 saturated heterocycles. The monoisotopic (exact) mass is 212 g/mol. The second-order valence-corrected chi connectivity index (χ2v) is 4.81. The number of hydrogen-bond donors (Lipinski definition) is 2. The van der Waals surface area contributed by atoms with Gasteiger partial charge in [0.25, 0.3) is 0 Å². The van der Waals surface area contributed by atoms with Crippen molar-refractivity contribution in [2.75, 3.05) is 13.1 Å². The normalized spacial score (nSPS) is 33.3. The van der Waals surface area contributed by atoms with Crippen LogP contribution in [-0.2, 0) is 4.79 Å². The van der Waals surface area contributed by atoms with Crippen molar-refractivity contribution in [2.45, 2.75) is 44.2 Å². The minimum atomic E-state index is -0.309. The molecule has 2 aliphatic rings. The predicted octanol–water partition coefficient (Wildman–Crippen LogP) is 0.0971. The van der Waals surface area contributed by atoms with Crippen LogP contribution in [0.15, 0.2) is 0 Å². The van der Waals surface area contributed by atoms with Gasteiger partial charge in [-0.2, -0.15) is 0 Å². The maximum atomic E-state index is 12.0. The van der Waals surface area contributed by atoms with E-state index < -0.39 is 0 Å². The summed E-state index contributed by atoms with van der Waals surface area (Å²) in [6.07, 6.45) is 5.03. The van der Waals surface area contributed by atoms with Crippen LogP contribution in [0.3, 0.4) is 0 Å². The molecule has 4 nitrogen and oxygen atoms in total. The van der Waals surface area contributed by atoms with E-state index in [2.05, 4.69) is 0 Å². The smallest absolute Gasteiger partial charge is 0.227 e. The number of aliphatic hydroxyl groups excluding tert-OH is 1. The molecule has 1 amide bonds. The van der Waals surface area contributed by atoms with Crippen LogP contribution >= 0.6 is 0 Å². The van der Waals surface area contributed by atoms with Crippen LogP contribution in [0.2, 0.25) is 0 Å². The maximum Gasteiger partial charge on any atom is 0.227 e. The molecule has 0 bridgehead atoms. The number of aliphatic hydroxyl groups is 1. The second-order valence-electron chi connectivity index (χ2n) is 4.81. The van der Waals surface area contributed by atoms with Crippen molar-refractivity contribution in [1.29, 1.82) is 0 Å². The van der Waals surface area contributed by atoms with Gasteiger partial charge in [0.2, 0.25) is 5.91 Å². The Kier molecular flexibility index (Phi) is 3.26. The van der Waals surface area contributed by atoms with Crippen molar-refractivity contribution in [1.82, 2.24) is 4.90 Å². The Morgan fingerprint density at radius 1 is 1.20 bits per heavy atom. The summed E-state index contributed by atoms with van der Waals surface area (Å²) in [5.41, 5.74) is 6.02. The molecule has 1 aliphatic heterocycles. The lowest BCUT2D eigenvalue weighted by atomic mass is 9.92. The van der Waals surface area contributed by atoms with E-state index in [1.54, 1.807) is 4.90 Å². The summed E-state index contributed by atoms with van der Waals surface area (Å²) in [4.78, 5) is 13.8. The highest BCUT2D eigenvalue weighted by Crippen LogP contribution is 2.25. The van der Waals surface area contributed by atoms with E-state index in [0.717, 1.165) is 25.7 Å². The SMILES string of the molecule is NC1CCCCCC1C(=O)N1CC(O)C1. The Hall–Kier alpha value is -0.610. The van der Waals surface area contributed by atoms with Gasteiger partial charge in [-0.1, -0.05) is 19.3 Å². The molecule has 0 aromatic rings. The van der Waals surface area contributed by atoms with Gasteiger partial charge in [-0.25, -0.2) is 0 Å². The van der Waals surface area contributed by atoms with E-state index in [1.807, 2.05) is 0 Å². The summed E-state index contributed by atoms with van der Waals surface area (Å²) in [7, 11) is 0. The molecule has 86 valence electrons. The van der Waals surface area contributed by atoms with Gasteiger partial charge >= 0.3 is 0 Å². The summed E-state index contributed by atoms with van der Waals surface area (Å²) >= 11 is 0. The van der Waals surface area contributed by atoms with Crippen molar-refractivity contribution in [2.24, 2.45) is 11.7 Å². The van der Waals surface area contributed by atoms with Crippen molar-refractivity contribution >= 4 is 5.91 Å². The van der Waals surface area contributed by atoms with Crippen LogP contribution in [0.5, 0.6) is 0 Å². The first-order valence-electron chi connectivity index (χ1n) is 5.91. The van der Waals surface area contributed by atoms with Crippen LogP contribution < -0.4 is 5.73 Å². The van der Waals surface area contributed by atoms with Crippen LogP contribution in [0.25, 0.3) is 0 Å². The molecule has 0 aromatic carbocycles. The lowest BCUT2D eigenvalue weighted by Crippen LogP contribution is -2.57. The first-order chi connectivity index (χ1) is 7.18. The Balaban J connectivity index is 1.92. The van der Waals surface area contributed by atoms with Gasteiger partial charge in [-0.15, -0.1) is 0 Å². The molecule has 2 atom stereocenters. The van der Waals surface area contributed by atoms with Gasteiger partial charge in [-0.05, 0) is 12.8 Å². The molecule has 15 heavy (non-hydrogen) atoms. The molecule has 3 N–H and O–H groups in total. The van der Waals surface area contributed by atoms with Gasteiger partial charge in [-0.3, -0.25) is 4.79 Å². The van der Waals surface area contributed by atoms with Gasteiger partial charge in [0, 0.05) is 19.1 Å². The first-order valence-corrected chi connectivity index (χ1v) is 5.91. The number of carbonyl (C=O) groups excluding carboxylic acids is 1. The van der Waals surface area contributed by atoms with Crippen molar-refractivity contribution in [3.63, 3.8) is 0 Å². The Labute approximate surface area is 90.4 Å². The van der Waals surface area contributed by atoms with Crippen molar-refractivity contribution in [3.05, 3.63) is 0 Å². The fourth-order valence-electron chi connectivity index (χ4n) is 2.51. The molecule has 2 unspecified atom stereocenters. The van der Waals surface area contributed by atoms with Gasteiger partial charge < -0.3 is 15.7 Å². The predicted molar refractivity (Wildman–Crippen MR) is 57.1 cm³/mol. The zero-order chi connectivity index (χ0) is 10.8. The summed E-state index contributed by atoms with van der Waals surface area (Å²) in [6.45, 7) is 1.00. The van der Waals surface area contributed by atoms with Crippen LogP contribution in [0, 0.1) is 5.92 Å². The topological polar surface area (TPSA) is 66.6 Å². The Morgan fingerprint density at radius 3 is 2.53 bits per heavy atom. The summed E-state index contributed by atoms with van der Waals surface area (Å²) < 4.78 is 0. The number of nitrogens with zero attached hydrogens (tertiary/aromatic N) is 1. The molecule has 0 radical (unpaired) electrons. The standard InChI is InChI=1S/C11H20N2O2/c12-10-5-3-1-2-4-9(10)11(15)13-6-8(14)7-13/h8-10,14H,1-7,12H2. The Bertz CT molecular complexity index is 239. The molecule has 0 spiro atoms. The molecule has 0 aromatic heterocycles. The summed E-state index contributed by atoms with van der Waals surface area (Å²) in [5, 5.41) is 9.16. The number of rotatable bonds is 1. The largest absolute Gasteiger partial charge is 0.389 e. The van der Waals surface area contributed by atoms with E-state index in [1.165, 1.54) is 6.42 Å². The fraction of sp³-hybridized carbons (Fsp3) is 0.909. The number of amides is 1. The lowest BCUT2D eigenvalue weighted by molar-refractivity contribution is -0.146. The molecular weight excluding hydrogens is 192 g/mol. The molecular formula is C11H20N2O2. The molecule has 1 heterocycles. The number of likely N-dealkylation sites (tertiary alicyclic amines) is 1. The van der Waals surface area contributed by atoms with Gasteiger partial charge in [0.05, 0.1) is 12.0 Å². The molecule has 4 heteroatoms. The van der Waals surface area contributed by atoms with Crippen LogP contribution in [0.1, 0.15) is 32.1 Å². The van der Waals surface area contributed by atoms with Crippen LogP contribution in [0.4, 0.5) is 0 Å². The highest BCUT2D eigenvalue weighted by atomic mass is 16.3. The third-order valence-corrected chi connectivity index (χ3v) is 3.56. The van der Waals surface area contributed by atoms with E-state index in [4.69, 9.17) is 10.8 Å².